The smallest absolute Gasteiger partial charge is 0.262 e. The molecule has 2 heterocycles. The molecule has 1 fully saturated rings. The molecule has 1 aromatic heterocycles. The zero-order valence-electron chi connectivity index (χ0n) is 29.3. The Labute approximate surface area is 294 Å². The van der Waals surface area contributed by atoms with Crippen LogP contribution in [0.5, 0.6) is 23.1 Å². The SMILES string of the molecule is CCCc1ccc(Oc2nc(Nc3ccc(OCCN4CCN(C(C)C)CC4)c(Cl)c3)ncc2C(=O)Nc2c(C)cccc2C)c(OC)c1. The van der Waals surface area contributed by atoms with Crippen molar-refractivity contribution in [2.45, 2.75) is 53.5 Å². The van der Waals surface area contributed by atoms with Crippen LogP contribution in [-0.2, 0) is 6.42 Å². The highest BCUT2D eigenvalue weighted by Crippen LogP contribution is 2.35. The highest BCUT2D eigenvalue weighted by atomic mass is 35.5. The zero-order valence-corrected chi connectivity index (χ0v) is 30.1. The number of carbonyl (C=O) groups excluding carboxylic acids is 1. The molecule has 0 bridgehead atoms. The standard InChI is InChI=1S/C38H47ClN6O4/c1-7-9-28-12-14-33(34(22-28)47-6)49-37-30(36(46)42-35-26(4)10-8-11-27(35)5)24-40-38(43-37)41-29-13-15-32(31(39)23-29)48-21-20-44-16-18-45(19-17-44)25(2)3/h8,10-15,22-25H,7,9,16-21H2,1-6H3,(H,42,46)(H,40,41,43). The van der Waals surface area contributed by atoms with Gasteiger partial charge < -0.3 is 24.8 Å². The molecule has 1 amide bonds. The summed E-state index contributed by atoms with van der Waals surface area (Å²) in [5.74, 6) is 1.48. The number of benzene rings is 3. The number of piperazine rings is 1. The minimum atomic E-state index is -0.396. The van der Waals surface area contributed by atoms with Gasteiger partial charge in [-0.3, -0.25) is 14.6 Å². The summed E-state index contributed by atoms with van der Waals surface area (Å²) in [7, 11) is 1.59. The number of halogens is 1. The summed E-state index contributed by atoms with van der Waals surface area (Å²) < 4.78 is 18.0. The van der Waals surface area contributed by atoms with Gasteiger partial charge in [0.25, 0.3) is 5.91 Å². The zero-order chi connectivity index (χ0) is 34.9. The number of aromatic nitrogens is 2. The van der Waals surface area contributed by atoms with Gasteiger partial charge in [-0.05, 0) is 81.1 Å². The second kappa shape index (κ2) is 16.8. The molecule has 5 rings (SSSR count). The topological polar surface area (TPSA) is 101 Å². The summed E-state index contributed by atoms with van der Waals surface area (Å²) in [4.78, 5) is 27.6. The lowest BCUT2D eigenvalue weighted by atomic mass is 10.1. The van der Waals surface area contributed by atoms with E-state index in [2.05, 4.69) is 51.2 Å². The maximum atomic E-state index is 13.6. The molecule has 49 heavy (non-hydrogen) atoms. The molecule has 0 atom stereocenters. The number of hydrogen-bond acceptors (Lipinski definition) is 9. The Morgan fingerprint density at radius 3 is 2.39 bits per heavy atom. The molecule has 1 aliphatic rings. The van der Waals surface area contributed by atoms with Crippen LogP contribution in [0.4, 0.5) is 17.3 Å². The number of para-hydroxylation sites is 1. The first-order valence-corrected chi connectivity index (χ1v) is 17.3. The first-order valence-electron chi connectivity index (χ1n) is 16.9. The fourth-order valence-corrected chi connectivity index (χ4v) is 6.04. The van der Waals surface area contributed by atoms with E-state index in [0.29, 0.717) is 40.6 Å². The maximum Gasteiger partial charge on any atom is 0.262 e. The maximum absolute atomic E-state index is 13.6. The largest absolute Gasteiger partial charge is 0.493 e. The molecule has 0 spiro atoms. The molecule has 0 radical (unpaired) electrons. The normalized spacial score (nSPS) is 13.7. The van der Waals surface area contributed by atoms with Crippen molar-refractivity contribution in [2.24, 2.45) is 0 Å². The molecule has 0 saturated carbocycles. The van der Waals surface area contributed by atoms with Crippen LogP contribution in [0.15, 0.2) is 60.8 Å². The lowest BCUT2D eigenvalue weighted by molar-refractivity contribution is 0.0971. The van der Waals surface area contributed by atoms with Gasteiger partial charge in [0.1, 0.15) is 17.9 Å². The third kappa shape index (κ3) is 9.41. The summed E-state index contributed by atoms with van der Waals surface area (Å²) >= 11 is 6.63. The molecule has 0 unspecified atom stereocenters. The number of rotatable bonds is 14. The van der Waals surface area contributed by atoms with E-state index < -0.39 is 5.91 Å². The summed E-state index contributed by atoms with van der Waals surface area (Å²) in [6.45, 7) is 16.1. The molecular formula is C38H47ClN6O4. The van der Waals surface area contributed by atoms with E-state index in [1.807, 2.05) is 62.4 Å². The van der Waals surface area contributed by atoms with Crippen LogP contribution in [0.2, 0.25) is 5.02 Å². The van der Waals surface area contributed by atoms with E-state index in [9.17, 15) is 4.79 Å². The van der Waals surface area contributed by atoms with Crippen molar-refractivity contribution in [2.75, 3.05) is 57.1 Å². The Kier molecular flexibility index (Phi) is 12.3. The minimum absolute atomic E-state index is 0.0723. The second-order valence-corrected chi connectivity index (χ2v) is 13.0. The molecule has 1 saturated heterocycles. The summed E-state index contributed by atoms with van der Waals surface area (Å²) in [6, 6.07) is 17.6. The van der Waals surface area contributed by atoms with Crippen molar-refractivity contribution < 1.29 is 19.0 Å². The molecule has 0 aliphatic carbocycles. The quantitative estimate of drug-likeness (QED) is 0.137. The highest BCUT2D eigenvalue weighted by molar-refractivity contribution is 6.32. The van der Waals surface area contributed by atoms with Gasteiger partial charge in [0.2, 0.25) is 11.8 Å². The second-order valence-electron chi connectivity index (χ2n) is 12.6. The van der Waals surface area contributed by atoms with Gasteiger partial charge in [0.05, 0.1) is 12.1 Å². The van der Waals surface area contributed by atoms with E-state index in [4.69, 9.17) is 25.8 Å². The van der Waals surface area contributed by atoms with Gasteiger partial charge in [-0.1, -0.05) is 49.2 Å². The van der Waals surface area contributed by atoms with Crippen molar-refractivity contribution in [3.05, 3.63) is 88.1 Å². The molecule has 4 aromatic rings. The monoisotopic (exact) mass is 686 g/mol. The van der Waals surface area contributed by atoms with Gasteiger partial charge in [0.15, 0.2) is 11.5 Å². The Hall–Kier alpha value is -4.38. The fourth-order valence-electron chi connectivity index (χ4n) is 5.81. The van der Waals surface area contributed by atoms with Gasteiger partial charge >= 0.3 is 0 Å². The number of nitrogens with one attached hydrogen (secondary N) is 2. The molecular weight excluding hydrogens is 640 g/mol. The van der Waals surface area contributed by atoms with Crippen LogP contribution in [0, 0.1) is 13.8 Å². The molecule has 260 valence electrons. The van der Waals surface area contributed by atoms with Crippen molar-refractivity contribution in [3.8, 4) is 23.1 Å². The molecule has 3 aromatic carbocycles. The lowest BCUT2D eigenvalue weighted by Crippen LogP contribution is -2.49. The number of amides is 1. The average Bonchev–Trinajstić information content (AvgIpc) is 3.08. The van der Waals surface area contributed by atoms with Crippen molar-refractivity contribution in [1.29, 1.82) is 0 Å². The fraction of sp³-hybridized carbons (Fsp3) is 0.395. The Bertz CT molecular complexity index is 1720. The van der Waals surface area contributed by atoms with E-state index >= 15 is 0 Å². The third-order valence-corrected chi connectivity index (χ3v) is 8.98. The highest BCUT2D eigenvalue weighted by Gasteiger charge is 2.21. The third-order valence-electron chi connectivity index (χ3n) is 8.68. The summed E-state index contributed by atoms with van der Waals surface area (Å²) in [5, 5.41) is 6.67. The van der Waals surface area contributed by atoms with Crippen LogP contribution >= 0.6 is 11.6 Å². The number of carbonyl (C=O) groups is 1. The Morgan fingerprint density at radius 1 is 0.980 bits per heavy atom. The number of anilines is 3. The van der Waals surface area contributed by atoms with E-state index in [-0.39, 0.29) is 17.4 Å². The van der Waals surface area contributed by atoms with E-state index in [0.717, 1.165) is 67.9 Å². The van der Waals surface area contributed by atoms with Crippen LogP contribution < -0.4 is 24.8 Å². The molecule has 10 nitrogen and oxygen atoms in total. The van der Waals surface area contributed by atoms with E-state index in [1.54, 1.807) is 13.2 Å². The van der Waals surface area contributed by atoms with Crippen LogP contribution in [0.3, 0.4) is 0 Å². The summed E-state index contributed by atoms with van der Waals surface area (Å²) in [5.41, 5.74) is 4.56. The first kappa shape index (κ1) is 35.9. The number of ether oxygens (including phenoxy) is 3. The minimum Gasteiger partial charge on any atom is -0.493 e. The van der Waals surface area contributed by atoms with Crippen molar-refractivity contribution >= 4 is 34.8 Å². The van der Waals surface area contributed by atoms with Gasteiger partial charge in [-0.15, -0.1) is 0 Å². The van der Waals surface area contributed by atoms with Crippen LogP contribution in [-0.4, -0.2) is 78.2 Å². The predicted molar refractivity (Wildman–Crippen MR) is 196 cm³/mol. The predicted octanol–water partition coefficient (Wildman–Crippen LogP) is 7.90. The average molecular weight is 687 g/mol. The summed E-state index contributed by atoms with van der Waals surface area (Å²) in [6.07, 6.45) is 3.36. The number of nitrogens with zero attached hydrogens (tertiary/aromatic N) is 4. The van der Waals surface area contributed by atoms with Crippen LogP contribution in [0.1, 0.15) is 54.2 Å². The molecule has 2 N–H and O–H groups in total. The van der Waals surface area contributed by atoms with Gasteiger partial charge in [-0.2, -0.15) is 4.98 Å². The van der Waals surface area contributed by atoms with Crippen molar-refractivity contribution in [1.82, 2.24) is 19.8 Å². The Balaban J connectivity index is 1.32. The van der Waals surface area contributed by atoms with Crippen molar-refractivity contribution in [3.63, 3.8) is 0 Å². The number of aryl methyl sites for hydroxylation is 3. The number of hydrogen-bond donors (Lipinski definition) is 2. The lowest BCUT2D eigenvalue weighted by Gasteiger charge is -2.36. The molecule has 11 heteroatoms. The Morgan fingerprint density at radius 2 is 1.71 bits per heavy atom. The first-order chi connectivity index (χ1) is 23.6. The van der Waals surface area contributed by atoms with Crippen LogP contribution in [0.25, 0.3) is 0 Å². The number of methoxy groups -OCH3 is 1. The van der Waals surface area contributed by atoms with E-state index in [1.165, 1.54) is 6.20 Å². The molecule has 1 aliphatic heterocycles. The van der Waals surface area contributed by atoms with Gasteiger partial charge in [-0.25, -0.2) is 4.98 Å². The van der Waals surface area contributed by atoms with Gasteiger partial charge in [0, 0.05) is 56.3 Å².